The summed E-state index contributed by atoms with van der Waals surface area (Å²) in [5.41, 5.74) is 0. The minimum Gasteiger partial charge on any atom is -0.0885 e. The predicted molar refractivity (Wildman–Crippen MR) is 140 cm³/mol. The fraction of sp³-hybridized carbons (Fsp3) is 0.933. The monoisotopic (exact) mass is 420 g/mol. The van der Waals surface area contributed by atoms with Gasteiger partial charge in [-0.2, -0.15) is 0 Å². The summed E-state index contributed by atoms with van der Waals surface area (Å²) < 4.78 is 0. The maximum atomic E-state index is 2.47. The van der Waals surface area contributed by atoms with Crippen molar-refractivity contribution in [3.63, 3.8) is 0 Å². The lowest BCUT2D eigenvalue weighted by molar-refractivity contribution is 0.444. The van der Waals surface area contributed by atoms with Crippen LogP contribution in [0.4, 0.5) is 0 Å². The first-order valence-corrected chi connectivity index (χ1v) is 14.5. The van der Waals surface area contributed by atoms with Gasteiger partial charge in [0.25, 0.3) is 0 Å². The summed E-state index contributed by atoms with van der Waals surface area (Å²) in [6.07, 6.45) is 39.3. The van der Waals surface area contributed by atoms with Crippen LogP contribution in [-0.2, 0) is 0 Å². The lowest BCUT2D eigenvalue weighted by atomic mass is 9.96. The standard InChI is InChI=1S/C30H60/c1-4-6-8-10-12-14-15-16-17-18-19-20-21-23-25-27-29-30(3)28-26-24-22-13-11-9-7-5-2/h21,23,30H,4-20,22,24-29H2,1-3H3. The quantitative estimate of drug-likeness (QED) is 0.102. The molecule has 0 aromatic heterocycles. The molecule has 0 aliphatic rings. The highest BCUT2D eigenvalue weighted by molar-refractivity contribution is 4.81. The molecular formula is C30H60. The van der Waals surface area contributed by atoms with E-state index in [9.17, 15) is 0 Å². The molecule has 1 atom stereocenters. The second-order valence-corrected chi connectivity index (χ2v) is 10.1. The topological polar surface area (TPSA) is 0 Å². The molecule has 30 heavy (non-hydrogen) atoms. The van der Waals surface area contributed by atoms with Crippen LogP contribution in [0.15, 0.2) is 12.2 Å². The van der Waals surface area contributed by atoms with Gasteiger partial charge in [-0.05, 0) is 31.6 Å². The van der Waals surface area contributed by atoms with Crippen molar-refractivity contribution >= 4 is 0 Å². The third kappa shape index (κ3) is 25.8. The molecule has 1 unspecified atom stereocenters. The first kappa shape index (κ1) is 29.7. The van der Waals surface area contributed by atoms with E-state index in [-0.39, 0.29) is 0 Å². The van der Waals surface area contributed by atoms with Crippen LogP contribution < -0.4 is 0 Å². The summed E-state index contributed by atoms with van der Waals surface area (Å²) in [4.78, 5) is 0. The summed E-state index contributed by atoms with van der Waals surface area (Å²) in [5, 5.41) is 0. The van der Waals surface area contributed by atoms with Crippen molar-refractivity contribution in [2.75, 3.05) is 0 Å². The van der Waals surface area contributed by atoms with Crippen LogP contribution in [-0.4, -0.2) is 0 Å². The lowest BCUT2D eigenvalue weighted by Gasteiger charge is -2.10. The Hall–Kier alpha value is -0.260. The Balaban J connectivity index is 3.20. The van der Waals surface area contributed by atoms with E-state index in [4.69, 9.17) is 0 Å². The Morgan fingerprint density at radius 3 is 1.20 bits per heavy atom. The molecule has 0 N–H and O–H groups in total. The average Bonchev–Trinajstić information content (AvgIpc) is 2.75. The zero-order valence-corrected chi connectivity index (χ0v) is 21.7. The van der Waals surface area contributed by atoms with Gasteiger partial charge in [0.1, 0.15) is 0 Å². The Kier molecular flexibility index (Phi) is 26.5. The van der Waals surface area contributed by atoms with E-state index in [0.29, 0.717) is 0 Å². The fourth-order valence-electron chi connectivity index (χ4n) is 4.52. The highest BCUT2D eigenvalue weighted by Gasteiger charge is 2.01. The van der Waals surface area contributed by atoms with E-state index in [2.05, 4.69) is 32.9 Å². The SMILES string of the molecule is CCCCCCCCCCCCCC=CCCCC(C)CCCCCCCCCC. The number of unbranched alkanes of at least 4 members (excludes halogenated alkanes) is 19. The Labute approximate surface area is 193 Å². The highest BCUT2D eigenvalue weighted by Crippen LogP contribution is 2.18. The molecule has 0 amide bonds. The van der Waals surface area contributed by atoms with Gasteiger partial charge in [-0.25, -0.2) is 0 Å². The van der Waals surface area contributed by atoms with Crippen LogP contribution in [0.1, 0.15) is 175 Å². The van der Waals surface area contributed by atoms with E-state index in [1.807, 2.05) is 0 Å². The molecule has 0 saturated heterocycles. The molecule has 0 fully saturated rings. The van der Waals surface area contributed by atoms with Crippen molar-refractivity contribution in [3.8, 4) is 0 Å². The van der Waals surface area contributed by atoms with Crippen molar-refractivity contribution in [3.05, 3.63) is 12.2 Å². The van der Waals surface area contributed by atoms with Crippen molar-refractivity contribution in [2.45, 2.75) is 175 Å². The molecule has 0 nitrogen and oxygen atoms in total. The van der Waals surface area contributed by atoms with Crippen molar-refractivity contribution in [1.29, 1.82) is 0 Å². The molecule has 180 valence electrons. The summed E-state index contributed by atoms with van der Waals surface area (Å²) in [6.45, 7) is 7.07. The van der Waals surface area contributed by atoms with Crippen LogP contribution in [0.2, 0.25) is 0 Å². The minimum absolute atomic E-state index is 0.935. The maximum Gasteiger partial charge on any atom is -0.0351 e. The first-order chi connectivity index (χ1) is 14.8. The fourth-order valence-corrected chi connectivity index (χ4v) is 4.52. The zero-order chi connectivity index (χ0) is 22.0. The van der Waals surface area contributed by atoms with E-state index in [1.54, 1.807) is 0 Å². The van der Waals surface area contributed by atoms with Crippen LogP contribution in [0, 0.1) is 5.92 Å². The number of allylic oxidation sites excluding steroid dienone is 2. The van der Waals surface area contributed by atoms with E-state index in [1.165, 1.54) is 154 Å². The normalized spacial score (nSPS) is 12.8. The molecule has 0 saturated carbocycles. The predicted octanol–water partition coefficient (Wildman–Crippen LogP) is 11.6. The van der Waals surface area contributed by atoms with Crippen LogP contribution in [0.25, 0.3) is 0 Å². The molecule has 0 rings (SSSR count). The first-order valence-electron chi connectivity index (χ1n) is 14.5. The Morgan fingerprint density at radius 2 is 0.733 bits per heavy atom. The van der Waals surface area contributed by atoms with Gasteiger partial charge in [0.2, 0.25) is 0 Å². The van der Waals surface area contributed by atoms with Crippen molar-refractivity contribution < 1.29 is 0 Å². The largest absolute Gasteiger partial charge is 0.0885 e. The zero-order valence-electron chi connectivity index (χ0n) is 21.7. The number of hydrogen-bond acceptors (Lipinski definition) is 0. The molecular weight excluding hydrogens is 360 g/mol. The number of rotatable bonds is 25. The van der Waals surface area contributed by atoms with Crippen molar-refractivity contribution in [2.24, 2.45) is 5.92 Å². The number of hydrogen-bond donors (Lipinski definition) is 0. The van der Waals surface area contributed by atoms with Gasteiger partial charge in [-0.1, -0.05) is 161 Å². The molecule has 0 spiro atoms. The van der Waals surface area contributed by atoms with Gasteiger partial charge < -0.3 is 0 Å². The second-order valence-electron chi connectivity index (χ2n) is 10.1. The van der Waals surface area contributed by atoms with E-state index < -0.39 is 0 Å². The molecule has 0 heteroatoms. The minimum atomic E-state index is 0.935. The van der Waals surface area contributed by atoms with E-state index in [0.717, 1.165) is 5.92 Å². The van der Waals surface area contributed by atoms with Gasteiger partial charge in [0.15, 0.2) is 0 Å². The third-order valence-electron chi connectivity index (χ3n) is 6.76. The summed E-state index contributed by atoms with van der Waals surface area (Å²) >= 11 is 0. The maximum absolute atomic E-state index is 2.47. The highest BCUT2D eigenvalue weighted by atomic mass is 14.1. The van der Waals surface area contributed by atoms with Crippen LogP contribution in [0.3, 0.4) is 0 Å². The molecule has 0 aliphatic carbocycles. The summed E-state index contributed by atoms with van der Waals surface area (Å²) in [7, 11) is 0. The Bertz CT molecular complexity index is 316. The average molecular weight is 421 g/mol. The van der Waals surface area contributed by atoms with Crippen LogP contribution in [0.5, 0.6) is 0 Å². The molecule has 0 radical (unpaired) electrons. The molecule has 0 aromatic rings. The molecule has 0 aliphatic heterocycles. The molecule has 0 aromatic carbocycles. The van der Waals surface area contributed by atoms with E-state index >= 15 is 0 Å². The Morgan fingerprint density at radius 1 is 0.400 bits per heavy atom. The van der Waals surface area contributed by atoms with Gasteiger partial charge in [-0.3, -0.25) is 0 Å². The van der Waals surface area contributed by atoms with Crippen LogP contribution >= 0.6 is 0 Å². The molecule has 0 bridgehead atoms. The van der Waals surface area contributed by atoms with Gasteiger partial charge in [0, 0.05) is 0 Å². The van der Waals surface area contributed by atoms with Gasteiger partial charge in [-0.15, -0.1) is 0 Å². The summed E-state index contributed by atoms with van der Waals surface area (Å²) in [6, 6.07) is 0. The molecule has 0 heterocycles. The van der Waals surface area contributed by atoms with Gasteiger partial charge in [0.05, 0.1) is 0 Å². The van der Waals surface area contributed by atoms with Crippen molar-refractivity contribution in [1.82, 2.24) is 0 Å². The second kappa shape index (κ2) is 26.8. The lowest BCUT2D eigenvalue weighted by Crippen LogP contribution is -1.94. The third-order valence-corrected chi connectivity index (χ3v) is 6.76. The summed E-state index contributed by atoms with van der Waals surface area (Å²) in [5.74, 6) is 0.935. The smallest absolute Gasteiger partial charge is 0.0351 e. The van der Waals surface area contributed by atoms with Gasteiger partial charge >= 0.3 is 0 Å².